The Kier molecular flexibility index (Phi) is 3.52. The summed E-state index contributed by atoms with van der Waals surface area (Å²) in [5.74, 6) is 1.51. The summed E-state index contributed by atoms with van der Waals surface area (Å²) in [5, 5.41) is 4.36. The van der Waals surface area contributed by atoms with Crippen LogP contribution in [0.1, 0.15) is 0 Å². The van der Waals surface area contributed by atoms with Gasteiger partial charge in [-0.15, -0.1) is 0 Å². The van der Waals surface area contributed by atoms with Gasteiger partial charge < -0.3 is 9.31 Å². The van der Waals surface area contributed by atoms with Gasteiger partial charge in [-0.1, -0.05) is 12.1 Å². The summed E-state index contributed by atoms with van der Waals surface area (Å²) in [6.07, 6.45) is 7.19. The fourth-order valence-corrected chi connectivity index (χ4v) is 2.47. The van der Waals surface area contributed by atoms with E-state index in [0.29, 0.717) is 0 Å². The summed E-state index contributed by atoms with van der Waals surface area (Å²) in [5.41, 5.74) is 0. The van der Waals surface area contributed by atoms with Gasteiger partial charge in [0.1, 0.15) is 11.5 Å². The van der Waals surface area contributed by atoms with E-state index in [0.717, 1.165) is 33.0 Å². The average molecular weight is 300 g/mol. The molecule has 2 heterocycles. The molecule has 0 aliphatic carbocycles. The van der Waals surface area contributed by atoms with Gasteiger partial charge in [0.05, 0.1) is 0 Å². The Labute approximate surface area is 134 Å². The van der Waals surface area contributed by atoms with Crippen LogP contribution in [-0.4, -0.2) is 17.7 Å². The minimum atomic E-state index is 0.150. The van der Waals surface area contributed by atoms with Gasteiger partial charge in [0.25, 0.3) is 0 Å². The smallest absolute Gasteiger partial charge is 0.529 e. The molecule has 2 aromatic carbocycles. The lowest BCUT2D eigenvalue weighted by Crippen LogP contribution is -2.10. The summed E-state index contributed by atoms with van der Waals surface area (Å²) in [6, 6.07) is 15.7. The van der Waals surface area contributed by atoms with Crippen molar-refractivity contribution in [1.82, 2.24) is 9.97 Å². The highest BCUT2D eigenvalue weighted by Crippen LogP contribution is 2.21. The molecule has 4 rings (SSSR count). The minimum Gasteiger partial charge on any atom is -0.529 e. The maximum absolute atomic E-state index is 5.66. The Hall–Kier alpha value is -3.08. The summed E-state index contributed by atoms with van der Waals surface area (Å²) < 4.78 is 11.3. The number of nitrogens with zero attached hydrogens (tertiary/aromatic N) is 2. The number of hydrogen-bond acceptors (Lipinski definition) is 4. The van der Waals surface area contributed by atoms with Gasteiger partial charge >= 0.3 is 7.69 Å². The molecule has 0 N–H and O–H groups in total. The molecule has 0 saturated carbocycles. The predicted molar refractivity (Wildman–Crippen MR) is 91.9 cm³/mol. The molecule has 0 aliphatic rings. The van der Waals surface area contributed by atoms with E-state index in [-0.39, 0.29) is 7.69 Å². The number of pyridine rings is 2. The van der Waals surface area contributed by atoms with E-state index in [1.165, 1.54) is 0 Å². The van der Waals surface area contributed by atoms with Crippen LogP contribution in [0, 0.1) is 0 Å². The van der Waals surface area contributed by atoms with Crippen LogP contribution in [0.3, 0.4) is 0 Å². The predicted octanol–water partition coefficient (Wildman–Crippen LogP) is 3.51. The molecular formula is C18H13BN2O2. The van der Waals surface area contributed by atoms with Gasteiger partial charge in [-0.3, -0.25) is 9.97 Å². The van der Waals surface area contributed by atoms with Gasteiger partial charge in [-0.2, -0.15) is 0 Å². The molecule has 110 valence electrons. The van der Waals surface area contributed by atoms with E-state index in [4.69, 9.17) is 9.31 Å². The minimum absolute atomic E-state index is 0.150. The SMILES string of the molecule is B(Oc1ccc2ccncc2c1)Oc1ccc2ccncc2c1. The molecule has 5 heteroatoms. The molecular weight excluding hydrogens is 287 g/mol. The Balaban J connectivity index is 1.45. The van der Waals surface area contributed by atoms with Crippen LogP contribution in [-0.2, 0) is 0 Å². The zero-order chi connectivity index (χ0) is 15.5. The van der Waals surface area contributed by atoms with Crippen LogP contribution in [0.4, 0.5) is 0 Å². The Morgan fingerprint density at radius 3 is 1.65 bits per heavy atom. The first-order chi connectivity index (χ1) is 11.4. The fraction of sp³-hybridized carbons (Fsp3) is 0. The third-order valence-electron chi connectivity index (χ3n) is 3.68. The van der Waals surface area contributed by atoms with Crippen molar-refractivity contribution >= 4 is 29.2 Å². The standard InChI is InChI=1S/C18H13BN2O2/c1-3-17(9-15-11-20-7-5-13(1)15)22-19-23-18-4-2-14-6-8-21-12-16(14)10-18/h1-12,19H. The van der Waals surface area contributed by atoms with E-state index >= 15 is 0 Å². The monoisotopic (exact) mass is 300 g/mol. The van der Waals surface area contributed by atoms with Gasteiger partial charge in [-0.25, -0.2) is 0 Å². The summed E-state index contributed by atoms with van der Waals surface area (Å²) in [6.45, 7) is 0. The molecule has 0 atom stereocenters. The van der Waals surface area contributed by atoms with Crippen molar-refractivity contribution in [1.29, 1.82) is 0 Å². The molecule has 0 fully saturated rings. The maximum atomic E-state index is 5.66. The molecule has 23 heavy (non-hydrogen) atoms. The quantitative estimate of drug-likeness (QED) is 0.541. The second-order valence-corrected chi connectivity index (χ2v) is 5.18. The number of benzene rings is 2. The highest BCUT2D eigenvalue weighted by Gasteiger charge is 2.02. The number of hydrogen-bond donors (Lipinski definition) is 0. The van der Waals surface area contributed by atoms with Crippen LogP contribution in [0.2, 0.25) is 0 Å². The number of aromatic nitrogens is 2. The Morgan fingerprint density at radius 2 is 1.13 bits per heavy atom. The van der Waals surface area contributed by atoms with Crippen molar-refractivity contribution in [3.8, 4) is 11.5 Å². The third-order valence-corrected chi connectivity index (χ3v) is 3.68. The van der Waals surface area contributed by atoms with Gasteiger partial charge in [-0.05, 0) is 47.2 Å². The molecule has 0 radical (unpaired) electrons. The molecule has 0 saturated heterocycles. The molecule has 0 unspecified atom stereocenters. The Morgan fingerprint density at radius 1 is 0.609 bits per heavy atom. The lowest BCUT2D eigenvalue weighted by molar-refractivity contribution is 0.460. The van der Waals surface area contributed by atoms with Crippen molar-refractivity contribution in [2.75, 3.05) is 0 Å². The van der Waals surface area contributed by atoms with E-state index < -0.39 is 0 Å². The highest BCUT2D eigenvalue weighted by atomic mass is 16.6. The van der Waals surface area contributed by atoms with Crippen LogP contribution < -0.4 is 9.31 Å². The lowest BCUT2D eigenvalue weighted by Gasteiger charge is -2.09. The van der Waals surface area contributed by atoms with E-state index in [1.54, 1.807) is 12.4 Å². The zero-order valence-electron chi connectivity index (χ0n) is 12.3. The van der Waals surface area contributed by atoms with E-state index in [1.807, 2.05) is 60.9 Å². The number of rotatable bonds is 4. The third kappa shape index (κ3) is 2.94. The van der Waals surface area contributed by atoms with Crippen LogP contribution in [0.25, 0.3) is 21.5 Å². The second kappa shape index (κ2) is 5.97. The normalized spacial score (nSPS) is 10.6. The van der Waals surface area contributed by atoms with Gasteiger partial charge in [0.2, 0.25) is 0 Å². The van der Waals surface area contributed by atoms with Crippen molar-refractivity contribution in [3.63, 3.8) is 0 Å². The van der Waals surface area contributed by atoms with Crippen molar-refractivity contribution in [2.24, 2.45) is 0 Å². The van der Waals surface area contributed by atoms with Crippen molar-refractivity contribution < 1.29 is 9.31 Å². The molecule has 0 aliphatic heterocycles. The molecule has 2 aromatic heterocycles. The first kappa shape index (κ1) is 13.6. The fourth-order valence-electron chi connectivity index (χ4n) is 2.47. The topological polar surface area (TPSA) is 44.2 Å². The second-order valence-electron chi connectivity index (χ2n) is 5.18. The van der Waals surface area contributed by atoms with Crippen LogP contribution >= 0.6 is 0 Å². The average Bonchev–Trinajstić information content (AvgIpc) is 2.61. The maximum Gasteiger partial charge on any atom is 0.576 e. The first-order valence-corrected chi connectivity index (χ1v) is 7.32. The van der Waals surface area contributed by atoms with E-state index in [9.17, 15) is 0 Å². The van der Waals surface area contributed by atoms with Gasteiger partial charge in [0.15, 0.2) is 0 Å². The highest BCUT2D eigenvalue weighted by molar-refractivity contribution is 6.21. The number of fused-ring (bicyclic) bond motifs is 2. The molecule has 0 amide bonds. The summed E-state index contributed by atoms with van der Waals surface area (Å²) >= 11 is 0. The van der Waals surface area contributed by atoms with Gasteiger partial charge in [0, 0.05) is 35.6 Å². The molecule has 4 nitrogen and oxygen atoms in total. The summed E-state index contributed by atoms with van der Waals surface area (Å²) in [7, 11) is 0.150. The van der Waals surface area contributed by atoms with Crippen molar-refractivity contribution in [3.05, 3.63) is 73.3 Å². The van der Waals surface area contributed by atoms with E-state index in [2.05, 4.69) is 9.97 Å². The zero-order valence-corrected chi connectivity index (χ0v) is 12.3. The largest absolute Gasteiger partial charge is 0.576 e. The van der Waals surface area contributed by atoms with Crippen LogP contribution in [0.15, 0.2) is 73.3 Å². The lowest BCUT2D eigenvalue weighted by atomic mass is 10.1. The van der Waals surface area contributed by atoms with Crippen LogP contribution in [0.5, 0.6) is 11.5 Å². The Bertz CT molecular complexity index is 896. The first-order valence-electron chi connectivity index (χ1n) is 7.32. The summed E-state index contributed by atoms with van der Waals surface area (Å²) in [4.78, 5) is 8.24. The molecule has 0 bridgehead atoms. The molecule has 4 aromatic rings. The molecule has 0 spiro atoms. The van der Waals surface area contributed by atoms with Crippen molar-refractivity contribution in [2.45, 2.75) is 0 Å².